The van der Waals surface area contributed by atoms with E-state index in [0.29, 0.717) is 24.9 Å². The summed E-state index contributed by atoms with van der Waals surface area (Å²) in [7, 11) is 0. The number of hydrogen-bond acceptors (Lipinski definition) is 6. The van der Waals surface area contributed by atoms with Gasteiger partial charge in [-0.25, -0.2) is 0 Å². The molecule has 98 valence electrons. The summed E-state index contributed by atoms with van der Waals surface area (Å²) in [5.41, 5.74) is -0.666. The molecular formula is C12H16N2O4. The van der Waals surface area contributed by atoms with Crippen LogP contribution in [0.2, 0.25) is 0 Å². The van der Waals surface area contributed by atoms with E-state index in [4.69, 9.17) is 14.0 Å². The maximum Gasteiger partial charge on any atom is 0.321 e. The molecule has 1 aromatic rings. The summed E-state index contributed by atoms with van der Waals surface area (Å²) >= 11 is 0. The Kier molecular flexibility index (Phi) is 2.81. The second-order valence-electron chi connectivity index (χ2n) is 4.82. The van der Waals surface area contributed by atoms with Crippen molar-refractivity contribution >= 4 is 5.97 Å². The zero-order chi connectivity index (χ0) is 12.6. The molecular weight excluding hydrogens is 236 g/mol. The molecule has 18 heavy (non-hydrogen) atoms. The molecule has 0 amide bonds. The molecule has 1 unspecified atom stereocenters. The van der Waals surface area contributed by atoms with E-state index in [1.807, 2.05) is 0 Å². The lowest BCUT2D eigenvalue weighted by molar-refractivity contribution is -0.146. The van der Waals surface area contributed by atoms with Crippen LogP contribution in [0.15, 0.2) is 4.52 Å². The Morgan fingerprint density at radius 3 is 3.00 bits per heavy atom. The standard InChI is InChI=1S/C12H16N2O4/c1-2-17-11(15)12(4-5-12)10-13-9(14-18-10)8-3-6-16-7-8/h8H,2-7H2,1H3. The smallest absolute Gasteiger partial charge is 0.321 e. The van der Waals surface area contributed by atoms with Crippen molar-refractivity contribution in [1.82, 2.24) is 10.1 Å². The Balaban J connectivity index is 1.78. The number of nitrogens with zero attached hydrogens (tertiary/aromatic N) is 2. The van der Waals surface area contributed by atoms with Gasteiger partial charge in [-0.15, -0.1) is 0 Å². The number of ether oxygens (including phenoxy) is 2. The van der Waals surface area contributed by atoms with Crippen molar-refractivity contribution in [3.63, 3.8) is 0 Å². The van der Waals surface area contributed by atoms with E-state index in [1.165, 1.54) is 0 Å². The second-order valence-corrected chi connectivity index (χ2v) is 4.82. The van der Waals surface area contributed by atoms with Crippen molar-refractivity contribution in [3.05, 3.63) is 11.7 Å². The van der Waals surface area contributed by atoms with Crippen LogP contribution in [0, 0.1) is 0 Å². The first-order valence-electron chi connectivity index (χ1n) is 6.35. The summed E-state index contributed by atoms with van der Waals surface area (Å²) in [5.74, 6) is 1.00. The van der Waals surface area contributed by atoms with Gasteiger partial charge in [0.15, 0.2) is 5.82 Å². The van der Waals surface area contributed by atoms with Gasteiger partial charge in [-0.05, 0) is 26.2 Å². The van der Waals surface area contributed by atoms with Crippen LogP contribution in [0.1, 0.15) is 43.8 Å². The molecule has 0 N–H and O–H groups in total. The van der Waals surface area contributed by atoms with E-state index in [9.17, 15) is 4.79 Å². The fourth-order valence-electron chi connectivity index (χ4n) is 2.23. The monoisotopic (exact) mass is 252 g/mol. The maximum atomic E-state index is 11.9. The molecule has 1 aliphatic heterocycles. The van der Waals surface area contributed by atoms with Gasteiger partial charge >= 0.3 is 5.97 Å². The van der Waals surface area contributed by atoms with Gasteiger partial charge in [0, 0.05) is 12.5 Å². The Morgan fingerprint density at radius 2 is 2.39 bits per heavy atom. The van der Waals surface area contributed by atoms with Gasteiger partial charge in [-0.2, -0.15) is 4.98 Å². The minimum atomic E-state index is -0.666. The lowest BCUT2D eigenvalue weighted by Crippen LogP contribution is -2.23. The molecule has 2 fully saturated rings. The van der Waals surface area contributed by atoms with Crippen molar-refractivity contribution in [2.45, 2.75) is 37.5 Å². The lowest BCUT2D eigenvalue weighted by Gasteiger charge is -2.08. The van der Waals surface area contributed by atoms with E-state index in [0.717, 1.165) is 25.9 Å². The molecule has 2 heterocycles. The molecule has 6 heteroatoms. The summed E-state index contributed by atoms with van der Waals surface area (Å²) in [6.07, 6.45) is 2.37. The molecule has 1 aliphatic carbocycles. The topological polar surface area (TPSA) is 74.5 Å². The summed E-state index contributed by atoms with van der Waals surface area (Å²) in [5, 5.41) is 3.97. The highest BCUT2D eigenvalue weighted by Gasteiger charge is 2.57. The normalized spacial score (nSPS) is 25.1. The minimum Gasteiger partial charge on any atom is -0.465 e. The molecule has 1 aromatic heterocycles. The summed E-state index contributed by atoms with van der Waals surface area (Å²) < 4.78 is 15.6. The van der Waals surface area contributed by atoms with Gasteiger partial charge in [-0.1, -0.05) is 5.16 Å². The highest BCUT2D eigenvalue weighted by molar-refractivity contribution is 5.85. The van der Waals surface area contributed by atoms with Crippen LogP contribution in [0.3, 0.4) is 0 Å². The van der Waals surface area contributed by atoms with E-state index in [1.54, 1.807) is 6.92 Å². The first-order valence-corrected chi connectivity index (χ1v) is 6.35. The quantitative estimate of drug-likeness (QED) is 0.749. The van der Waals surface area contributed by atoms with Crippen LogP contribution in [0.5, 0.6) is 0 Å². The molecule has 3 rings (SSSR count). The summed E-state index contributed by atoms with van der Waals surface area (Å²) in [4.78, 5) is 16.3. The van der Waals surface area contributed by atoms with E-state index >= 15 is 0 Å². The van der Waals surface area contributed by atoms with E-state index in [-0.39, 0.29) is 11.9 Å². The van der Waals surface area contributed by atoms with Crippen LogP contribution in [-0.2, 0) is 19.7 Å². The number of hydrogen-bond donors (Lipinski definition) is 0. The van der Waals surface area contributed by atoms with Crippen LogP contribution in [0.4, 0.5) is 0 Å². The number of rotatable bonds is 4. The van der Waals surface area contributed by atoms with Gasteiger partial charge in [0.25, 0.3) is 0 Å². The molecule has 0 bridgehead atoms. The highest BCUT2D eigenvalue weighted by Crippen LogP contribution is 2.48. The fraction of sp³-hybridized carbons (Fsp3) is 0.750. The molecule has 1 atom stereocenters. The Bertz CT molecular complexity index is 447. The predicted molar refractivity (Wildman–Crippen MR) is 60.0 cm³/mol. The van der Waals surface area contributed by atoms with Gasteiger partial charge in [0.1, 0.15) is 5.41 Å². The average Bonchev–Trinajstić information content (AvgIpc) is 2.83. The third kappa shape index (κ3) is 1.80. The Morgan fingerprint density at radius 1 is 1.56 bits per heavy atom. The zero-order valence-corrected chi connectivity index (χ0v) is 10.3. The van der Waals surface area contributed by atoms with Crippen LogP contribution in [-0.4, -0.2) is 35.9 Å². The largest absolute Gasteiger partial charge is 0.465 e. The first kappa shape index (κ1) is 11.6. The predicted octanol–water partition coefficient (Wildman–Crippen LogP) is 1.17. The molecule has 0 spiro atoms. The SMILES string of the molecule is CCOC(=O)C1(c2nc(C3CCOC3)no2)CC1. The minimum absolute atomic E-state index is 0.195. The lowest BCUT2D eigenvalue weighted by atomic mass is 10.1. The molecule has 6 nitrogen and oxygen atoms in total. The van der Waals surface area contributed by atoms with Crippen molar-refractivity contribution in [2.75, 3.05) is 19.8 Å². The average molecular weight is 252 g/mol. The molecule has 0 radical (unpaired) electrons. The maximum absolute atomic E-state index is 11.9. The van der Waals surface area contributed by atoms with Gasteiger partial charge < -0.3 is 14.0 Å². The van der Waals surface area contributed by atoms with Crippen molar-refractivity contribution < 1.29 is 18.8 Å². The third-order valence-corrected chi connectivity index (χ3v) is 3.56. The number of carbonyl (C=O) groups is 1. The first-order chi connectivity index (χ1) is 8.76. The van der Waals surface area contributed by atoms with Gasteiger partial charge in [0.05, 0.1) is 13.2 Å². The fourth-order valence-corrected chi connectivity index (χ4v) is 2.23. The van der Waals surface area contributed by atoms with E-state index in [2.05, 4.69) is 10.1 Å². The summed E-state index contributed by atoms with van der Waals surface area (Å²) in [6, 6.07) is 0. The van der Waals surface area contributed by atoms with Crippen molar-refractivity contribution in [3.8, 4) is 0 Å². The Labute approximate surface area is 105 Å². The van der Waals surface area contributed by atoms with Crippen molar-refractivity contribution in [2.24, 2.45) is 0 Å². The van der Waals surface area contributed by atoms with Gasteiger partial charge in [0.2, 0.25) is 5.89 Å². The van der Waals surface area contributed by atoms with Crippen LogP contribution >= 0.6 is 0 Å². The number of esters is 1. The molecule has 0 aromatic carbocycles. The summed E-state index contributed by atoms with van der Waals surface area (Å²) in [6.45, 7) is 3.53. The molecule has 2 aliphatic rings. The second kappa shape index (κ2) is 4.35. The molecule has 1 saturated heterocycles. The Hall–Kier alpha value is -1.43. The molecule has 1 saturated carbocycles. The number of carbonyl (C=O) groups excluding carboxylic acids is 1. The van der Waals surface area contributed by atoms with Crippen LogP contribution in [0.25, 0.3) is 0 Å². The van der Waals surface area contributed by atoms with Crippen LogP contribution < -0.4 is 0 Å². The van der Waals surface area contributed by atoms with Crippen molar-refractivity contribution in [1.29, 1.82) is 0 Å². The number of aromatic nitrogens is 2. The third-order valence-electron chi connectivity index (χ3n) is 3.56. The highest BCUT2D eigenvalue weighted by atomic mass is 16.5. The van der Waals surface area contributed by atoms with E-state index < -0.39 is 5.41 Å². The van der Waals surface area contributed by atoms with Gasteiger partial charge in [-0.3, -0.25) is 4.79 Å². The zero-order valence-electron chi connectivity index (χ0n) is 10.3.